The Labute approximate surface area is 195 Å². The molecule has 1 fully saturated rings. The Kier molecular flexibility index (Phi) is 8.57. The summed E-state index contributed by atoms with van der Waals surface area (Å²) in [6.45, 7) is 2.96. The summed E-state index contributed by atoms with van der Waals surface area (Å²) in [4.78, 5) is 26.6. The second-order valence-electron chi connectivity index (χ2n) is 7.91. The normalized spacial score (nSPS) is 15.2. The number of carbonyl (C=O) groups excluding carboxylic acids is 2. The predicted molar refractivity (Wildman–Crippen MR) is 118 cm³/mol. The van der Waals surface area contributed by atoms with E-state index in [4.69, 9.17) is 11.6 Å². The maximum Gasteiger partial charge on any atom is 0.573 e. The number of piperidine rings is 1. The molecule has 2 N–H and O–H groups in total. The summed E-state index contributed by atoms with van der Waals surface area (Å²) < 4.78 is 40.8. The molecular formula is C23H25ClF3N3O3. The van der Waals surface area contributed by atoms with Crippen LogP contribution in [0.3, 0.4) is 0 Å². The number of hydrogen-bond donors (Lipinski definition) is 2. The molecule has 0 unspecified atom stereocenters. The zero-order valence-electron chi connectivity index (χ0n) is 17.8. The average Bonchev–Trinajstić information content (AvgIpc) is 2.77. The highest BCUT2D eigenvalue weighted by Crippen LogP contribution is 2.23. The molecular weight excluding hydrogens is 459 g/mol. The van der Waals surface area contributed by atoms with Gasteiger partial charge >= 0.3 is 6.36 Å². The van der Waals surface area contributed by atoms with Crippen molar-refractivity contribution in [3.63, 3.8) is 0 Å². The summed E-state index contributed by atoms with van der Waals surface area (Å²) in [5.74, 6) is -1.16. The molecule has 2 aromatic carbocycles. The summed E-state index contributed by atoms with van der Waals surface area (Å²) in [7, 11) is 0. The van der Waals surface area contributed by atoms with Crippen LogP contribution in [0.4, 0.5) is 13.2 Å². The maximum atomic E-state index is 12.3. The van der Waals surface area contributed by atoms with Gasteiger partial charge in [0.2, 0.25) is 5.91 Å². The van der Waals surface area contributed by atoms with Crippen molar-refractivity contribution in [2.24, 2.45) is 5.92 Å². The highest BCUT2D eigenvalue weighted by atomic mass is 35.5. The Balaban J connectivity index is 1.35. The first kappa shape index (κ1) is 24.9. The Bertz CT molecular complexity index is 946. The van der Waals surface area contributed by atoms with Crippen molar-refractivity contribution in [3.05, 3.63) is 64.7 Å². The van der Waals surface area contributed by atoms with Crippen molar-refractivity contribution in [1.29, 1.82) is 0 Å². The minimum absolute atomic E-state index is 0.0300. The third-order valence-corrected chi connectivity index (χ3v) is 5.61. The quantitative estimate of drug-likeness (QED) is 0.595. The number of alkyl halides is 3. The lowest BCUT2D eigenvalue weighted by Gasteiger charge is -2.32. The van der Waals surface area contributed by atoms with E-state index in [-0.39, 0.29) is 18.0 Å². The van der Waals surface area contributed by atoms with Gasteiger partial charge in [-0.15, -0.1) is 13.2 Å². The van der Waals surface area contributed by atoms with Gasteiger partial charge in [-0.25, -0.2) is 0 Å². The molecule has 0 atom stereocenters. The fourth-order valence-corrected chi connectivity index (χ4v) is 3.74. The van der Waals surface area contributed by atoms with Crippen LogP contribution in [0.25, 0.3) is 0 Å². The molecule has 0 radical (unpaired) electrons. The molecule has 2 aromatic rings. The number of likely N-dealkylation sites (tertiary alicyclic amines) is 1. The second-order valence-corrected chi connectivity index (χ2v) is 8.34. The van der Waals surface area contributed by atoms with Crippen molar-refractivity contribution in [2.45, 2.75) is 25.7 Å². The van der Waals surface area contributed by atoms with Gasteiger partial charge in [0.25, 0.3) is 5.91 Å². The van der Waals surface area contributed by atoms with Crippen LogP contribution in [-0.2, 0) is 11.3 Å². The van der Waals surface area contributed by atoms with E-state index in [9.17, 15) is 22.8 Å². The van der Waals surface area contributed by atoms with Crippen LogP contribution in [-0.4, -0.2) is 49.3 Å². The molecule has 0 bridgehead atoms. The highest BCUT2D eigenvalue weighted by molar-refractivity contribution is 6.30. The molecule has 1 aliphatic rings. The smallest absolute Gasteiger partial charge is 0.406 e. The first-order valence-electron chi connectivity index (χ1n) is 10.6. The van der Waals surface area contributed by atoms with Gasteiger partial charge in [0.1, 0.15) is 5.75 Å². The molecule has 178 valence electrons. The number of halogens is 4. The molecule has 1 heterocycles. The predicted octanol–water partition coefficient (Wildman–Crippen LogP) is 4.00. The molecule has 1 saturated heterocycles. The minimum Gasteiger partial charge on any atom is -0.406 e. The lowest BCUT2D eigenvalue weighted by molar-refractivity contribution is -0.274. The maximum absolute atomic E-state index is 12.3. The van der Waals surface area contributed by atoms with Crippen LogP contribution < -0.4 is 15.4 Å². The third-order valence-electron chi connectivity index (χ3n) is 5.35. The molecule has 0 spiro atoms. The molecule has 0 aromatic heterocycles. The lowest BCUT2D eigenvalue weighted by Crippen LogP contribution is -2.41. The van der Waals surface area contributed by atoms with Gasteiger partial charge in [0.05, 0.1) is 6.54 Å². The van der Waals surface area contributed by atoms with Gasteiger partial charge in [0, 0.05) is 23.7 Å². The van der Waals surface area contributed by atoms with Crippen molar-refractivity contribution in [2.75, 3.05) is 26.2 Å². The molecule has 0 saturated carbocycles. The van der Waals surface area contributed by atoms with Crippen LogP contribution in [0.2, 0.25) is 5.02 Å². The number of carbonyl (C=O) groups is 2. The minimum atomic E-state index is -4.85. The largest absolute Gasteiger partial charge is 0.573 e. The van der Waals surface area contributed by atoms with E-state index in [0.29, 0.717) is 17.5 Å². The van der Waals surface area contributed by atoms with Gasteiger partial charge < -0.3 is 15.4 Å². The van der Waals surface area contributed by atoms with E-state index in [1.54, 1.807) is 0 Å². The van der Waals surface area contributed by atoms with Gasteiger partial charge in [0.15, 0.2) is 0 Å². The Hall–Kier alpha value is -2.78. The summed E-state index contributed by atoms with van der Waals surface area (Å²) in [6.07, 6.45) is -2.95. The molecule has 10 heteroatoms. The number of benzene rings is 2. The van der Waals surface area contributed by atoms with Crippen molar-refractivity contribution >= 4 is 23.4 Å². The summed E-state index contributed by atoms with van der Waals surface area (Å²) in [5.41, 5.74) is 1.18. The summed E-state index contributed by atoms with van der Waals surface area (Å²) in [6, 6.07) is 12.5. The topological polar surface area (TPSA) is 70.7 Å². The molecule has 1 aliphatic heterocycles. The molecule has 0 aliphatic carbocycles. The van der Waals surface area contributed by atoms with Crippen LogP contribution in [0.1, 0.15) is 28.8 Å². The van der Waals surface area contributed by atoms with Gasteiger partial charge in [-0.2, -0.15) is 0 Å². The van der Waals surface area contributed by atoms with E-state index in [2.05, 4.69) is 20.3 Å². The number of nitrogens with one attached hydrogen (secondary N) is 2. The SMILES string of the molecule is O=C(CNC(=O)c1cccc(OC(F)(F)F)c1)NCC1CCN(Cc2ccc(Cl)cc2)CC1. The first-order valence-corrected chi connectivity index (χ1v) is 10.9. The van der Waals surface area contributed by atoms with Gasteiger partial charge in [-0.1, -0.05) is 29.8 Å². The van der Waals surface area contributed by atoms with Crippen LogP contribution in [0.5, 0.6) is 5.75 Å². The number of ether oxygens (including phenoxy) is 1. The van der Waals surface area contributed by atoms with E-state index >= 15 is 0 Å². The molecule has 6 nitrogen and oxygen atoms in total. The number of rotatable bonds is 8. The van der Waals surface area contributed by atoms with Gasteiger partial charge in [-0.05, 0) is 67.7 Å². The van der Waals surface area contributed by atoms with E-state index in [1.807, 2.05) is 24.3 Å². The zero-order valence-corrected chi connectivity index (χ0v) is 18.6. The van der Waals surface area contributed by atoms with Crippen LogP contribution in [0.15, 0.2) is 48.5 Å². The zero-order chi connectivity index (χ0) is 23.8. The Morgan fingerprint density at radius 3 is 2.42 bits per heavy atom. The Morgan fingerprint density at radius 2 is 1.76 bits per heavy atom. The van der Waals surface area contributed by atoms with Crippen molar-refractivity contribution in [3.8, 4) is 5.75 Å². The van der Waals surface area contributed by atoms with E-state index in [1.165, 1.54) is 17.7 Å². The standard InChI is InChI=1S/C23H25ClF3N3O3/c24-19-6-4-17(5-7-19)15-30-10-8-16(9-11-30)13-28-21(31)14-29-22(32)18-2-1-3-20(12-18)33-23(25,26)27/h1-7,12,16H,8-11,13-15H2,(H,28,31)(H,29,32). The lowest BCUT2D eigenvalue weighted by atomic mass is 9.96. The summed E-state index contributed by atoms with van der Waals surface area (Å²) in [5, 5.41) is 5.94. The van der Waals surface area contributed by atoms with Crippen LogP contribution >= 0.6 is 11.6 Å². The van der Waals surface area contributed by atoms with E-state index in [0.717, 1.165) is 44.6 Å². The molecule has 2 amide bonds. The van der Waals surface area contributed by atoms with E-state index < -0.39 is 18.0 Å². The highest BCUT2D eigenvalue weighted by Gasteiger charge is 2.31. The first-order chi connectivity index (χ1) is 15.7. The number of amides is 2. The molecule has 3 rings (SSSR count). The Morgan fingerprint density at radius 1 is 1.06 bits per heavy atom. The third kappa shape index (κ3) is 8.58. The van der Waals surface area contributed by atoms with Crippen molar-refractivity contribution < 1.29 is 27.5 Å². The van der Waals surface area contributed by atoms with Crippen molar-refractivity contribution in [1.82, 2.24) is 15.5 Å². The second kappa shape index (κ2) is 11.4. The summed E-state index contributed by atoms with van der Waals surface area (Å²) >= 11 is 5.92. The average molecular weight is 484 g/mol. The van der Waals surface area contributed by atoms with Gasteiger partial charge in [-0.3, -0.25) is 14.5 Å². The van der Waals surface area contributed by atoms with Crippen LogP contribution in [0, 0.1) is 5.92 Å². The fraction of sp³-hybridized carbons (Fsp3) is 0.391. The fourth-order valence-electron chi connectivity index (χ4n) is 3.61. The number of nitrogens with zero attached hydrogens (tertiary/aromatic N) is 1. The number of hydrogen-bond acceptors (Lipinski definition) is 4. The molecule has 33 heavy (non-hydrogen) atoms. The monoisotopic (exact) mass is 483 g/mol.